The van der Waals surface area contributed by atoms with Crippen LogP contribution in [0.5, 0.6) is 0 Å². The zero-order valence-electron chi connectivity index (χ0n) is 22.7. The molecule has 1 N–H and O–H groups in total. The van der Waals surface area contributed by atoms with Crippen LogP contribution < -0.4 is 0 Å². The number of hydrogen-bond acceptors (Lipinski definition) is 6. The van der Waals surface area contributed by atoms with E-state index in [-0.39, 0.29) is 19.4 Å². The minimum Gasteiger partial charge on any atom is -0.458 e. The van der Waals surface area contributed by atoms with E-state index in [0.717, 1.165) is 32.5 Å². The van der Waals surface area contributed by atoms with Crippen molar-refractivity contribution in [1.82, 2.24) is 4.90 Å². The summed E-state index contributed by atoms with van der Waals surface area (Å²) in [7, 11) is -3.69. The molecule has 0 aromatic rings. The van der Waals surface area contributed by atoms with Gasteiger partial charge >= 0.3 is 13.6 Å². The first-order chi connectivity index (χ1) is 16.9. The third-order valence-electron chi connectivity index (χ3n) is 6.60. The van der Waals surface area contributed by atoms with Gasteiger partial charge in [0.2, 0.25) is 0 Å². The summed E-state index contributed by atoms with van der Waals surface area (Å²) >= 11 is 0. The van der Waals surface area contributed by atoms with Crippen molar-refractivity contribution in [2.45, 2.75) is 123 Å². The Morgan fingerprint density at radius 1 is 0.857 bits per heavy atom. The van der Waals surface area contributed by atoms with Crippen LogP contribution >= 0.6 is 7.60 Å². The maximum absolute atomic E-state index is 12.3. The summed E-state index contributed by atoms with van der Waals surface area (Å²) in [5.41, 5.74) is 0. The lowest BCUT2D eigenvalue weighted by Crippen LogP contribution is -2.28. The quantitative estimate of drug-likeness (QED) is 0.0861. The third-order valence-corrected chi connectivity index (χ3v) is 8.04. The highest BCUT2D eigenvalue weighted by molar-refractivity contribution is 7.52. The average Bonchev–Trinajstić information content (AvgIpc) is 3.33. The fourth-order valence-electron chi connectivity index (χ4n) is 4.55. The van der Waals surface area contributed by atoms with E-state index in [0.29, 0.717) is 13.0 Å². The average molecular weight is 520 g/mol. The first-order valence-corrected chi connectivity index (χ1v) is 16.1. The molecular formula is C27H54NO6P. The van der Waals surface area contributed by atoms with E-state index in [4.69, 9.17) is 14.0 Å². The zero-order chi connectivity index (χ0) is 25.6. The standard InChI is InChI=1S/C27H54NO6P/c1-3-4-5-6-7-8-9-10-11-12-13-14-17-22-32-24-27(34-26(2)29)25-33-35(30,31)23-18-21-28-19-15-16-20-28/h27H,3-25H2,1-2H3,(H,30,31). The first kappa shape index (κ1) is 32.6. The Bertz CT molecular complexity index is 556. The van der Waals surface area contributed by atoms with Gasteiger partial charge in [-0.2, -0.15) is 0 Å². The summed E-state index contributed by atoms with van der Waals surface area (Å²) in [6.45, 7) is 7.22. The van der Waals surface area contributed by atoms with Crippen molar-refractivity contribution in [1.29, 1.82) is 0 Å². The van der Waals surface area contributed by atoms with Crippen LogP contribution in [0, 0.1) is 0 Å². The molecule has 7 nitrogen and oxygen atoms in total. The zero-order valence-corrected chi connectivity index (χ0v) is 23.6. The first-order valence-electron chi connectivity index (χ1n) is 14.4. The SMILES string of the molecule is CCCCCCCCCCCCCCCOCC(COP(=O)(O)CCCN1CCCC1)OC(C)=O. The van der Waals surface area contributed by atoms with E-state index in [1.54, 1.807) is 0 Å². The van der Waals surface area contributed by atoms with Gasteiger partial charge in [-0.15, -0.1) is 0 Å². The van der Waals surface area contributed by atoms with Crippen LogP contribution in [-0.2, 0) is 23.4 Å². The summed E-state index contributed by atoms with van der Waals surface area (Å²) in [4.78, 5) is 23.8. The maximum Gasteiger partial charge on any atom is 0.328 e. The Balaban J connectivity index is 2.02. The van der Waals surface area contributed by atoms with E-state index in [1.807, 2.05) is 0 Å². The van der Waals surface area contributed by atoms with Crippen LogP contribution in [0.1, 0.15) is 117 Å². The number of carbonyl (C=O) groups is 1. The predicted octanol–water partition coefficient (Wildman–Crippen LogP) is 6.71. The Kier molecular flexibility index (Phi) is 20.1. The molecule has 0 radical (unpaired) electrons. The molecule has 0 bridgehead atoms. The lowest BCUT2D eigenvalue weighted by atomic mass is 10.0. The summed E-state index contributed by atoms with van der Waals surface area (Å²) < 4.78 is 28.5. The molecule has 1 aliphatic heterocycles. The van der Waals surface area contributed by atoms with Crippen LogP contribution in [-0.4, -0.2) is 67.5 Å². The monoisotopic (exact) mass is 519 g/mol. The van der Waals surface area contributed by atoms with Gasteiger partial charge in [0.1, 0.15) is 6.10 Å². The molecule has 0 aromatic carbocycles. The van der Waals surface area contributed by atoms with Gasteiger partial charge in [-0.25, -0.2) is 0 Å². The lowest BCUT2D eigenvalue weighted by molar-refractivity contribution is -0.151. The molecule has 2 atom stereocenters. The van der Waals surface area contributed by atoms with E-state index >= 15 is 0 Å². The minimum atomic E-state index is -3.69. The molecule has 1 heterocycles. The van der Waals surface area contributed by atoms with E-state index in [2.05, 4.69) is 11.8 Å². The molecule has 2 unspecified atom stereocenters. The fraction of sp³-hybridized carbons (Fsp3) is 0.963. The summed E-state index contributed by atoms with van der Waals surface area (Å²) in [5, 5.41) is 0. The van der Waals surface area contributed by atoms with Crippen molar-refractivity contribution in [3.8, 4) is 0 Å². The van der Waals surface area contributed by atoms with Crippen LogP contribution in [0.2, 0.25) is 0 Å². The second-order valence-corrected chi connectivity index (χ2v) is 12.1. The van der Waals surface area contributed by atoms with Crippen molar-refractivity contribution < 1.29 is 28.3 Å². The number of ether oxygens (including phenoxy) is 2. The van der Waals surface area contributed by atoms with Gasteiger partial charge in [-0.1, -0.05) is 84.0 Å². The largest absolute Gasteiger partial charge is 0.458 e. The van der Waals surface area contributed by atoms with Crippen molar-refractivity contribution in [3.05, 3.63) is 0 Å². The molecule has 1 aliphatic rings. The van der Waals surface area contributed by atoms with Gasteiger partial charge in [0.15, 0.2) is 0 Å². The Labute approximate surface area is 215 Å². The Hall–Kier alpha value is -0.460. The molecule has 8 heteroatoms. The molecule has 0 spiro atoms. The number of hydrogen-bond donors (Lipinski definition) is 1. The van der Waals surface area contributed by atoms with Gasteiger partial charge in [0.25, 0.3) is 0 Å². The lowest BCUT2D eigenvalue weighted by Gasteiger charge is -2.20. The van der Waals surface area contributed by atoms with Crippen LogP contribution in [0.4, 0.5) is 0 Å². The molecule has 1 rings (SSSR count). The molecular weight excluding hydrogens is 465 g/mol. The van der Waals surface area contributed by atoms with E-state index in [9.17, 15) is 14.3 Å². The molecule has 0 amide bonds. The fourth-order valence-corrected chi connectivity index (χ4v) is 5.62. The molecule has 1 fully saturated rings. The van der Waals surface area contributed by atoms with Gasteiger partial charge in [-0.3, -0.25) is 9.36 Å². The molecule has 0 saturated carbocycles. The number of carbonyl (C=O) groups excluding carboxylic acids is 1. The van der Waals surface area contributed by atoms with Crippen LogP contribution in [0.25, 0.3) is 0 Å². The highest BCUT2D eigenvalue weighted by atomic mass is 31.2. The number of nitrogens with zero attached hydrogens (tertiary/aromatic N) is 1. The highest BCUT2D eigenvalue weighted by Gasteiger charge is 2.24. The van der Waals surface area contributed by atoms with Crippen molar-refractivity contribution in [2.75, 3.05) is 45.6 Å². The van der Waals surface area contributed by atoms with E-state index in [1.165, 1.54) is 90.4 Å². The van der Waals surface area contributed by atoms with Crippen LogP contribution in [0.15, 0.2) is 0 Å². The van der Waals surface area contributed by atoms with Gasteiger partial charge in [-0.05, 0) is 45.3 Å². The topological polar surface area (TPSA) is 85.3 Å². The number of esters is 1. The Morgan fingerprint density at radius 3 is 1.94 bits per heavy atom. The van der Waals surface area contributed by atoms with Crippen molar-refractivity contribution >= 4 is 13.6 Å². The third kappa shape index (κ3) is 20.3. The molecule has 1 saturated heterocycles. The van der Waals surface area contributed by atoms with Gasteiger partial charge in [0.05, 0.1) is 19.4 Å². The molecule has 35 heavy (non-hydrogen) atoms. The molecule has 208 valence electrons. The minimum absolute atomic E-state index is 0.115. The van der Waals surface area contributed by atoms with Crippen molar-refractivity contribution in [2.24, 2.45) is 0 Å². The summed E-state index contributed by atoms with van der Waals surface area (Å²) in [6, 6.07) is 0. The van der Waals surface area contributed by atoms with E-state index < -0.39 is 19.7 Å². The smallest absolute Gasteiger partial charge is 0.328 e. The summed E-state index contributed by atoms with van der Waals surface area (Å²) in [5.74, 6) is -0.440. The van der Waals surface area contributed by atoms with Gasteiger partial charge < -0.3 is 23.8 Å². The predicted molar refractivity (Wildman–Crippen MR) is 143 cm³/mol. The van der Waals surface area contributed by atoms with Gasteiger partial charge in [0, 0.05) is 13.5 Å². The maximum atomic E-state index is 12.3. The second kappa shape index (κ2) is 21.6. The highest BCUT2D eigenvalue weighted by Crippen LogP contribution is 2.42. The van der Waals surface area contributed by atoms with Crippen molar-refractivity contribution in [3.63, 3.8) is 0 Å². The normalized spacial score (nSPS) is 16.9. The summed E-state index contributed by atoms with van der Waals surface area (Å²) in [6.07, 6.45) is 19.4. The molecule has 0 aromatic heterocycles. The Morgan fingerprint density at radius 2 is 1.40 bits per heavy atom. The number of rotatable bonds is 24. The number of likely N-dealkylation sites (tertiary alicyclic amines) is 1. The molecule has 0 aliphatic carbocycles. The second-order valence-electron chi connectivity index (χ2n) is 10.1. The number of unbranched alkanes of at least 4 members (excludes halogenated alkanes) is 12. The van der Waals surface area contributed by atoms with Crippen LogP contribution in [0.3, 0.4) is 0 Å².